The van der Waals surface area contributed by atoms with Gasteiger partial charge in [-0.25, -0.2) is 14.5 Å². The van der Waals surface area contributed by atoms with Gasteiger partial charge < -0.3 is 20.8 Å². The highest BCUT2D eigenvalue weighted by Crippen LogP contribution is 2.31. The lowest BCUT2D eigenvalue weighted by Gasteiger charge is -2.27. The van der Waals surface area contributed by atoms with Gasteiger partial charge in [0.2, 0.25) is 0 Å². The van der Waals surface area contributed by atoms with Gasteiger partial charge in [-0.05, 0) is 38.9 Å². The first-order valence-corrected chi connectivity index (χ1v) is 10.0. The summed E-state index contributed by atoms with van der Waals surface area (Å²) in [6.07, 6.45) is 4.87. The molecule has 5 heterocycles. The number of nitrogens with zero attached hydrogens (tertiary/aromatic N) is 6. The lowest BCUT2D eigenvalue weighted by Crippen LogP contribution is -2.46. The molecule has 1 aliphatic rings. The maximum atomic E-state index is 6.04. The third-order valence-corrected chi connectivity index (χ3v) is 5.23. The number of rotatable bonds is 6. The van der Waals surface area contributed by atoms with Crippen LogP contribution in [0, 0.1) is 13.8 Å². The number of nitrogens with one attached hydrogen (secondary N) is 2. The molecule has 1 saturated heterocycles. The van der Waals surface area contributed by atoms with Crippen LogP contribution in [0.25, 0.3) is 16.8 Å². The van der Waals surface area contributed by atoms with Crippen molar-refractivity contribution in [1.29, 1.82) is 0 Å². The number of aromatic nitrogens is 6. The molecular weight excluding hydrogens is 396 g/mol. The van der Waals surface area contributed by atoms with Gasteiger partial charge in [-0.1, -0.05) is 0 Å². The van der Waals surface area contributed by atoms with E-state index in [1.807, 2.05) is 54.5 Å². The fourth-order valence-corrected chi connectivity index (χ4v) is 3.65. The lowest BCUT2D eigenvalue weighted by molar-refractivity contribution is 0.218. The van der Waals surface area contributed by atoms with E-state index in [-0.39, 0.29) is 5.48 Å². The normalized spacial score (nSPS) is 15.4. The number of hydrogen-bond donors (Lipinski definition) is 2. The Balaban J connectivity index is 0.00000231. The Labute approximate surface area is 179 Å². The van der Waals surface area contributed by atoms with Crippen LogP contribution in [0.5, 0.6) is 5.75 Å². The molecule has 10 heteroatoms. The SMILES string of the molecule is Cc1cc(Nc2cc3cc(-c4c(OCC5CCN5)cnn4C)ccn3n2)nc(C)n1.O. The van der Waals surface area contributed by atoms with Crippen LogP contribution in [-0.4, -0.2) is 54.0 Å². The second-order valence-electron chi connectivity index (χ2n) is 7.61. The van der Waals surface area contributed by atoms with Gasteiger partial charge in [-0.2, -0.15) is 10.2 Å². The van der Waals surface area contributed by atoms with Crippen molar-refractivity contribution in [2.24, 2.45) is 7.05 Å². The Morgan fingerprint density at radius 3 is 2.77 bits per heavy atom. The van der Waals surface area contributed by atoms with Crippen LogP contribution < -0.4 is 15.4 Å². The van der Waals surface area contributed by atoms with E-state index in [0.717, 1.165) is 58.6 Å². The third-order valence-electron chi connectivity index (χ3n) is 5.23. The van der Waals surface area contributed by atoms with Crippen molar-refractivity contribution in [2.45, 2.75) is 26.3 Å². The van der Waals surface area contributed by atoms with Crippen molar-refractivity contribution in [3.63, 3.8) is 0 Å². The molecule has 10 nitrogen and oxygen atoms in total. The van der Waals surface area contributed by atoms with E-state index < -0.39 is 0 Å². The standard InChI is InChI=1S/C21H24N8O.H2O/c1-13-8-19(25-14(2)24-13)26-20-10-17-9-15(5-7-29(17)27-20)21-18(11-23-28(21)3)30-12-16-4-6-22-16;/h5,7-11,16,22H,4,6,12H2,1-3H3,(H,24,25,26,27);1H2. The molecule has 1 aliphatic heterocycles. The van der Waals surface area contributed by atoms with Gasteiger partial charge in [-0.3, -0.25) is 4.68 Å². The zero-order valence-corrected chi connectivity index (χ0v) is 17.8. The molecule has 0 saturated carbocycles. The number of aryl methyl sites for hydroxylation is 3. The summed E-state index contributed by atoms with van der Waals surface area (Å²) in [6.45, 7) is 5.54. The van der Waals surface area contributed by atoms with Crippen molar-refractivity contribution >= 4 is 17.2 Å². The van der Waals surface area contributed by atoms with Crippen molar-refractivity contribution in [2.75, 3.05) is 18.5 Å². The highest BCUT2D eigenvalue weighted by molar-refractivity contribution is 5.72. The average molecular weight is 422 g/mol. The molecule has 0 aromatic carbocycles. The van der Waals surface area contributed by atoms with Crippen molar-refractivity contribution in [3.05, 3.63) is 48.2 Å². The molecule has 0 aliphatic carbocycles. The molecule has 5 rings (SSSR count). The Bertz CT molecular complexity index is 1190. The molecule has 4 aromatic heterocycles. The first-order chi connectivity index (χ1) is 14.5. The first-order valence-electron chi connectivity index (χ1n) is 10.0. The molecule has 162 valence electrons. The van der Waals surface area contributed by atoms with Crippen LogP contribution in [-0.2, 0) is 7.05 Å². The predicted molar refractivity (Wildman–Crippen MR) is 118 cm³/mol. The van der Waals surface area contributed by atoms with E-state index in [1.54, 1.807) is 6.20 Å². The monoisotopic (exact) mass is 422 g/mol. The van der Waals surface area contributed by atoms with Gasteiger partial charge in [0.05, 0.1) is 11.7 Å². The Morgan fingerprint density at radius 2 is 2.03 bits per heavy atom. The van der Waals surface area contributed by atoms with Crippen LogP contribution in [0.15, 0.2) is 36.7 Å². The van der Waals surface area contributed by atoms with E-state index in [9.17, 15) is 0 Å². The van der Waals surface area contributed by atoms with Crippen molar-refractivity contribution in [1.82, 2.24) is 34.7 Å². The van der Waals surface area contributed by atoms with Crippen LogP contribution >= 0.6 is 0 Å². The quantitative estimate of drug-likeness (QED) is 0.485. The summed E-state index contributed by atoms with van der Waals surface area (Å²) < 4.78 is 9.72. The topological polar surface area (TPSA) is 126 Å². The van der Waals surface area contributed by atoms with E-state index in [2.05, 4.69) is 36.9 Å². The fourth-order valence-electron chi connectivity index (χ4n) is 3.65. The Kier molecular flexibility index (Phi) is 5.57. The molecule has 1 fully saturated rings. The highest BCUT2D eigenvalue weighted by Gasteiger charge is 2.19. The van der Waals surface area contributed by atoms with Gasteiger partial charge in [0.15, 0.2) is 11.6 Å². The van der Waals surface area contributed by atoms with E-state index in [1.165, 1.54) is 0 Å². The number of hydrogen-bond acceptors (Lipinski definition) is 7. The summed E-state index contributed by atoms with van der Waals surface area (Å²) in [7, 11) is 1.93. The molecule has 0 radical (unpaired) electrons. The summed E-state index contributed by atoms with van der Waals surface area (Å²) in [5, 5.41) is 15.6. The van der Waals surface area contributed by atoms with Gasteiger partial charge in [0.25, 0.3) is 0 Å². The summed E-state index contributed by atoms with van der Waals surface area (Å²) in [6, 6.07) is 8.43. The molecular formula is C21H26N8O2. The first kappa shape index (κ1) is 20.8. The maximum Gasteiger partial charge on any atom is 0.165 e. The number of ether oxygens (including phenoxy) is 1. The molecule has 0 bridgehead atoms. The minimum absolute atomic E-state index is 0. The molecule has 0 spiro atoms. The second kappa shape index (κ2) is 8.32. The number of anilines is 2. The molecule has 0 amide bonds. The summed E-state index contributed by atoms with van der Waals surface area (Å²) >= 11 is 0. The van der Waals surface area contributed by atoms with Crippen LogP contribution in [0.4, 0.5) is 11.6 Å². The van der Waals surface area contributed by atoms with Crippen LogP contribution in [0.1, 0.15) is 17.9 Å². The van der Waals surface area contributed by atoms with Crippen LogP contribution in [0.2, 0.25) is 0 Å². The smallest absolute Gasteiger partial charge is 0.165 e. The van der Waals surface area contributed by atoms with E-state index in [4.69, 9.17) is 4.74 Å². The summed E-state index contributed by atoms with van der Waals surface area (Å²) in [4.78, 5) is 8.73. The largest absolute Gasteiger partial charge is 0.488 e. The summed E-state index contributed by atoms with van der Waals surface area (Å²) in [5.41, 5.74) is 3.86. The van der Waals surface area contributed by atoms with E-state index >= 15 is 0 Å². The lowest BCUT2D eigenvalue weighted by atomic mass is 10.1. The molecule has 4 aromatic rings. The minimum atomic E-state index is 0. The van der Waals surface area contributed by atoms with Gasteiger partial charge in [-0.15, -0.1) is 0 Å². The van der Waals surface area contributed by atoms with Crippen molar-refractivity contribution < 1.29 is 10.2 Å². The summed E-state index contributed by atoms with van der Waals surface area (Å²) in [5.74, 6) is 2.97. The fraction of sp³-hybridized carbons (Fsp3) is 0.333. The zero-order valence-electron chi connectivity index (χ0n) is 17.8. The second-order valence-corrected chi connectivity index (χ2v) is 7.61. The third kappa shape index (κ3) is 4.21. The maximum absolute atomic E-state index is 6.04. The van der Waals surface area contributed by atoms with E-state index in [0.29, 0.717) is 12.6 Å². The molecule has 31 heavy (non-hydrogen) atoms. The van der Waals surface area contributed by atoms with Gasteiger partial charge >= 0.3 is 0 Å². The van der Waals surface area contributed by atoms with Crippen molar-refractivity contribution in [3.8, 4) is 17.0 Å². The highest BCUT2D eigenvalue weighted by atomic mass is 16.5. The molecule has 1 atom stereocenters. The molecule has 1 unspecified atom stereocenters. The predicted octanol–water partition coefficient (Wildman–Crippen LogP) is 1.80. The van der Waals surface area contributed by atoms with Gasteiger partial charge in [0, 0.05) is 42.7 Å². The Hall–Kier alpha value is -3.50. The Morgan fingerprint density at radius 1 is 1.19 bits per heavy atom. The minimum Gasteiger partial charge on any atom is -0.488 e. The van der Waals surface area contributed by atoms with Crippen LogP contribution in [0.3, 0.4) is 0 Å². The average Bonchev–Trinajstić information content (AvgIpc) is 3.21. The molecule has 4 N–H and O–H groups in total. The van der Waals surface area contributed by atoms with Gasteiger partial charge in [0.1, 0.15) is 23.9 Å². The number of fused-ring (bicyclic) bond motifs is 1. The zero-order chi connectivity index (χ0) is 20.7. The number of pyridine rings is 1.